The highest BCUT2D eigenvalue weighted by molar-refractivity contribution is 5.76. The molecule has 0 spiro atoms. The van der Waals surface area contributed by atoms with Crippen LogP contribution in [-0.2, 0) is 4.79 Å². The Morgan fingerprint density at radius 1 is 1.53 bits per heavy atom. The van der Waals surface area contributed by atoms with E-state index >= 15 is 0 Å². The van der Waals surface area contributed by atoms with Gasteiger partial charge in [0, 0.05) is 6.04 Å². The van der Waals surface area contributed by atoms with Crippen LogP contribution in [0.15, 0.2) is 24.3 Å². The van der Waals surface area contributed by atoms with Gasteiger partial charge >= 0.3 is 5.97 Å². The number of aliphatic carboxylic acids is 1. The lowest BCUT2D eigenvalue weighted by Gasteiger charge is -2.09. The van der Waals surface area contributed by atoms with E-state index < -0.39 is 5.97 Å². The maximum absolute atomic E-state index is 10.6. The third-order valence-corrected chi connectivity index (χ3v) is 2.56. The van der Waals surface area contributed by atoms with Crippen molar-refractivity contribution >= 4 is 11.7 Å². The van der Waals surface area contributed by atoms with Gasteiger partial charge in [0.05, 0.1) is 18.7 Å². The summed E-state index contributed by atoms with van der Waals surface area (Å²) in [4.78, 5) is 10.6. The minimum Gasteiger partial charge on any atom is -0.495 e. The van der Waals surface area contributed by atoms with Crippen molar-refractivity contribution < 1.29 is 14.6 Å². The van der Waals surface area contributed by atoms with Crippen LogP contribution < -0.4 is 10.1 Å². The third-order valence-electron chi connectivity index (χ3n) is 2.56. The van der Waals surface area contributed by atoms with E-state index in [0.29, 0.717) is 6.42 Å². The standard InChI is InChI=1S/C11H13NO3/c1-15-10-5-3-2-4-8(10)12-9-6-7(9)11(13)14/h2-5,7,9,12H,6H2,1H3,(H,13,14). The van der Waals surface area contributed by atoms with E-state index in [9.17, 15) is 4.79 Å². The first-order chi connectivity index (χ1) is 7.22. The smallest absolute Gasteiger partial charge is 0.308 e. The zero-order valence-electron chi connectivity index (χ0n) is 8.43. The van der Waals surface area contributed by atoms with Crippen molar-refractivity contribution in [2.24, 2.45) is 5.92 Å². The number of methoxy groups -OCH3 is 1. The first-order valence-electron chi connectivity index (χ1n) is 4.84. The van der Waals surface area contributed by atoms with Gasteiger partial charge in [-0.25, -0.2) is 0 Å². The van der Waals surface area contributed by atoms with Crippen LogP contribution in [0.2, 0.25) is 0 Å². The zero-order chi connectivity index (χ0) is 10.8. The lowest BCUT2D eigenvalue weighted by molar-refractivity contribution is -0.138. The first-order valence-corrected chi connectivity index (χ1v) is 4.84. The number of anilines is 1. The number of carboxylic acid groups (broad SMARTS) is 1. The normalized spacial score (nSPS) is 23.3. The lowest BCUT2D eigenvalue weighted by atomic mass is 10.3. The number of hydrogen-bond acceptors (Lipinski definition) is 3. The highest BCUT2D eigenvalue weighted by Gasteiger charge is 2.43. The predicted octanol–water partition coefficient (Wildman–Crippen LogP) is 1.58. The minimum absolute atomic E-state index is 0.0406. The quantitative estimate of drug-likeness (QED) is 0.787. The van der Waals surface area contributed by atoms with E-state index in [4.69, 9.17) is 9.84 Å². The van der Waals surface area contributed by atoms with Crippen LogP contribution in [0, 0.1) is 5.92 Å². The van der Waals surface area contributed by atoms with Crippen molar-refractivity contribution in [1.29, 1.82) is 0 Å². The lowest BCUT2D eigenvalue weighted by Crippen LogP contribution is -2.10. The molecular formula is C11H13NO3. The third kappa shape index (κ3) is 2.03. The minimum atomic E-state index is -0.734. The Balaban J connectivity index is 2.03. The van der Waals surface area contributed by atoms with Crippen molar-refractivity contribution in [3.05, 3.63) is 24.3 Å². The average Bonchev–Trinajstić information content (AvgIpc) is 2.98. The summed E-state index contributed by atoms with van der Waals surface area (Å²) in [5, 5.41) is 11.9. The van der Waals surface area contributed by atoms with Gasteiger partial charge in [-0.2, -0.15) is 0 Å². The molecule has 0 radical (unpaired) electrons. The number of nitrogens with one attached hydrogen (secondary N) is 1. The van der Waals surface area contributed by atoms with Crippen molar-refractivity contribution in [2.45, 2.75) is 12.5 Å². The Hall–Kier alpha value is -1.71. The molecule has 1 aromatic carbocycles. The van der Waals surface area contributed by atoms with Gasteiger partial charge in [-0.15, -0.1) is 0 Å². The van der Waals surface area contributed by atoms with Gasteiger partial charge in [-0.05, 0) is 18.6 Å². The number of ether oxygens (including phenoxy) is 1. The second-order valence-electron chi connectivity index (χ2n) is 3.63. The van der Waals surface area contributed by atoms with Crippen LogP contribution in [0.3, 0.4) is 0 Å². The molecule has 2 N–H and O–H groups in total. The number of para-hydroxylation sites is 2. The predicted molar refractivity (Wildman–Crippen MR) is 56.1 cm³/mol. The van der Waals surface area contributed by atoms with Crippen LogP contribution in [0.4, 0.5) is 5.69 Å². The van der Waals surface area contributed by atoms with Gasteiger partial charge < -0.3 is 15.2 Å². The van der Waals surface area contributed by atoms with Gasteiger partial charge in [0.2, 0.25) is 0 Å². The van der Waals surface area contributed by atoms with Gasteiger partial charge in [-0.3, -0.25) is 4.79 Å². The summed E-state index contributed by atoms with van der Waals surface area (Å²) in [6.07, 6.45) is 0.688. The van der Waals surface area contributed by atoms with Gasteiger partial charge in [0.15, 0.2) is 0 Å². The Kier molecular flexibility index (Phi) is 2.49. The van der Waals surface area contributed by atoms with Gasteiger partial charge in [-0.1, -0.05) is 12.1 Å². The van der Waals surface area contributed by atoms with E-state index in [1.807, 2.05) is 24.3 Å². The Labute approximate surface area is 87.9 Å². The summed E-state index contributed by atoms with van der Waals surface area (Å²) < 4.78 is 5.16. The molecule has 1 aliphatic carbocycles. The fraction of sp³-hybridized carbons (Fsp3) is 0.364. The van der Waals surface area contributed by atoms with E-state index in [2.05, 4.69) is 5.32 Å². The van der Waals surface area contributed by atoms with E-state index in [1.165, 1.54) is 0 Å². The summed E-state index contributed by atoms with van der Waals surface area (Å²) >= 11 is 0. The van der Waals surface area contributed by atoms with Crippen molar-refractivity contribution in [3.63, 3.8) is 0 Å². The molecule has 2 atom stereocenters. The summed E-state index contributed by atoms with van der Waals surface area (Å²) in [7, 11) is 1.60. The highest BCUT2D eigenvalue weighted by Crippen LogP contribution is 2.36. The largest absolute Gasteiger partial charge is 0.495 e. The van der Waals surface area contributed by atoms with E-state index in [0.717, 1.165) is 11.4 Å². The van der Waals surface area contributed by atoms with Crippen molar-refractivity contribution in [1.82, 2.24) is 0 Å². The average molecular weight is 207 g/mol. The fourth-order valence-corrected chi connectivity index (χ4v) is 1.59. The molecule has 0 bridgehead atoms. The van der Waals surface area contributed by atoms with Crippen LogP contribution in [0.1, 0.15) is 6.42 Å². The highest BCUT2D eigenvalue weighted by atomic mass is 16.5. The maximum Gasteiger partial charge on any atom is 0.308 e. The van der Waals surface area contributed by atoms with Crippen molar-refractivity contribution in [2.75, 3.05) is 12.4 Å². The molecule has 1 aromatic rings. The number of carboxylic acids is 1. The summed E-state index contributed by atoms with van der Waals surface area (Å²) in [6, 6.07) is 7.55. The Morgan fingerprint density at radius 2 is 2.27 bits per heavy atom. The molecule has 2 unspecified atom stereocenters. The SMILES string of the molecule is COc1ccccc1NC1CC1C(=O)O. The van der Waals surface area contributed by atoms with E-state index in [1.54, 1.807) is 7.11 Å². The monoisotopic (exact) mass is 207 g/mol. The molecule has 0 heterocycles. The van der Waals surface area contributed by atoms with Crippen LogP contribution in [-0.4, -0.2) is 24.2 Å². The molecular weight excluding hydrogens is 194 g/mol. The number of hydrogen-bond donors (Lipinski definition) is 2. The number of carbonyl (C=O) groups is 1. The molecule has 0 amide bonds. The van der Waals surface area contributed by atoms with Crippen LogP contribution in [0.25, 0.3) is 0 Å². The molecule has 0 aromatic heterocycles. The maximum atomic E-state index is 10.6. The summed E-state index contributed by atoms with van der Waals surface area (Å²) in [5.41, 5.74) is 0.855. The molecule has 15 heavy (non-hydrogen) atoms. The molecule has 2 rings (SSSR count). The van der Waals surface area contributed by atoms with Crippen LogP contribution >= 0.6 is 0 Å². The van der Waals surface area contributed by atoms with Gasteiger partial charge in [0.1, 0.15) is 5.75 Å². The molecule has 4 nitrogen and oxygen atoms in total. The van der Waals surface area contributed by atoms with Crippen molar-refractivity contribution in [3.8, 4) is 5.75 Å². The Bertz CT molecular complexity index is 378. The summed E-state index contributed by atoms with van der Waals surface area (Å²) in [6.45, 7) is 0. The molecule has 80 valence electrons. The Morgan fingerprint density at radius 3 is 2.87 bits per heavy atom. The van der Waals surface area contributed by atoms with E-state index in [-0.39, 0.29) is 12.0 Å². The molecule has 1 fully saturated rings. The van der Waals surface area contributed by atoms with Gasteiger partial charge in [0.25, 0.3) is 0 Å². The molecule has 1 saturated carbocycles. The fourth-order valence-electron chi connectivity index (χ4n) is 1.59. The second-order valence-corrected chi connectivity index (χ2v) is 3.63. The molecule has 0 aliphatic heterocycles. The number of benzene rings is 1. The topological polar surface area (TPSA) is 58.6 Å². The molecule has 0 saturated heterocycles. The zero-order valence-corrected chi connectivity index (χ0v) is 8.43. The second kappa shape index (κ2) is 3.81. The first kappa shape index (κ1) is 9.83. The summed E-state index contributed by atoms with van der Waals surface area (Å²) in [5.74, 6) is -0.245. The molecule has 1 aliphatic rings. The van der Waals surface area contributed by atoms with Crippen LogP contribution in [0.5, 0.6) is 5.75 Å². The number of rotatable bonds is 4. The molecule has 4 heteroatoms.